The summed E-state index contributed by atoms with van der Waals surface area (Å²) in [5, 5.41) is 0. The molecule has 0 radical (unpaired) electrons. The Balaban J connectivity index is 0.000000207. The van der Waals surface area contributed by atoms with Crippen LogP contribution in [-0.2, 0) is 12.8 Å². The minimum absolute atomic E-state index is 0.962. The number of benzene rings is 4. The highest BCUT2D eigenvalue weighted by atomic mass is 14.8. The topological polar surface area (TPSA) is 24.7 Å². The zero-order valence-corrected chi connectivity index (χ0v) is 32.8. The van der Waals surface area contributed by atoms with E-state index in [1.54, 1.807) is 0 Å². The molecule has 8 rings (SSSR count). The van der Waals surface area contributed by atoms with Gasteiger partial charge in [0, 0.05) is 34.3 Å². The van der Waals surface area contributed by atoms with Crippen LogP contribution in [0, 0.1) is 0 Å². The van der Waals surface area contributed by atoms with Gasteiger partial charge in [0.1, 0.15) is 0 Å². The summed E-state index contributed by atoms with van der Waals surface area (Å²) in [5.74, 6) is 0. The van der Waals surface area contributed by atoms with Crippen LogP contribution in [0.25, 0.3) is 16.7 Å². The lowest BCUT2D eigenvalue weighted by molar-refractivity contribution is 1.00. The van der Waals surface area contributed by atoms with Crippen LogP contribution in [0.2, 0.25) is 0 Å². The Labute approximate surface area is 305 Å². The largest absolute Gasteiger partial charge is 0.252 e. The summed E-state index contributed by atoms with van der Waals surface area (Å²) in [6.07, 6.45) is 9.18. The molecule has 0 unspecified atom stereocenters. The number of allylic oxidation sites excluding steroid dienone is 4. The van der Waals surface area contributed by atoms with E-state index in [9.17, 15) is 0 Å². The van der Waals surface area contributed by atoms with Crippen molar-refractivity contribution in [2.24, 2.45) is 9.98 Å². The predicted octanol–water partition coefficient (Wildman–Crippen LogP) is 14.9. The number of para-hydroxylation sites is 2. The van der Waals surface area contributed by atoms with Crippen LogP contribution >= 0.6 is 0 Å². The number of fused-ring (bicyclic) bond motifs is 9. The Morgan fingerprint density at radius 3 is 1.36 bits per heavy atom. The Bertz CT molecular complexity index is 1790. The van der Waals surface area contributed by atoms with Gasteiger partial charge in [0.25, 0.3) is 0 Å². The van der Waals surface area contributed by atoms with E-state index >= 15 is 0 Å². The summed E-state index contributed by atoms with van der Waals surface area (Å²) in [6.45, 7) is 21.5. The second-order valence-electron chi connectivity index (χ2n) is 13.1. The van der Waals surface area contributed by atoms with E-state index in [4.69, 9.17) is 9.98 Å². The van der Waals surface area contributed by atoms with Crippen molar-refractivity contribution in [1.82, 2.24) is 0 Å². The molecule has 0 N–H and O–H groups in total. The molecule has 2 heterocycles. The predicted molar refractivity (Wildman–Crippen MR) is 225 cm³/mol. The summed E-state index contributed by atoms with van der Waals surface area (Å²) < 4.78 is 0. The number of aliphatic imine (C=N–C) groups is 2. The second kappa shape index (κ2) is 21.0. The number of hydrogen-bond donors (Lipinski definition) is 0. The first-order valence-corrected chi connectivity index (χ1v) is 19.4. The van der Waals surface area contributed by atoms with E-state index in [2.05, 4.69) is 166 Å². The van der Waals surface area contributed by atoms with Crippen molar-refractivity contribution in [3.63, 3.8) is 0 Å². The zero-order chi connectivity index (χ0) is 36.5. The monoisotopic (exact) mass is 666 g/mol. The maximum atomic E-state index is 4.87. The first-order chi connectivity index (χ1) is 24.4. The van der Waals surface area contributed by atoms with E-state index in [1.807, 2.05) is 0 Å². The molecule has 2 aliphatic heterocycles. The van der Waals surface area contributed by atoms with Gasteiger partial charge in [-0.05, 0) is 53.7 Å². The van der Waals surface area contributed by atoms with Crippen LogP contribution in [-0.4, -0.2) is 11.4 Å². The van der Waals surface area contributed by atoms with Crippen molar-refractivity contribution in [2.75, 3.05) is 0 Å². The fourth-order valence-electron chi connectivity index (χ4n) is 6.42. The van der Waals surface area contributed by atoms with Crippen LogP contribution in [0.5, 0.6) is 0 Å². The quantitative estimate of drug-likeness (QED) is 0.203. The molecule has 50 heavy (non-hydrogen) atoms. The van der Waals surface area contributed by atoms with Gasteiger partial charge in [-0.25, -0.2) is 4.99 Å². The third kappa shape index (κ3) is 9.48. The molecule has 2 nitrogen and oxygen atoms in total. The molecule has 0 aromatic heterocycles. The van der Waals surface area contributed by atoms with Gasteiger partial charge in [-0.2, -0.15) is 0 Å². The molecule has 4 aromatic carbocycles. The highest BCUT2D eigenvalue weighted by Gasteiger charge is 2.30. The second-order valence-corrected chi connectivity index (χ2v) is 13.1. The average Bonchev–Trinajstić information content (AvgIpc) is 3.71. The SMILES string of the molecule is CCC.CCC.CCC.CCC.CCC1=C2C(=Nc3ccccc32)Cc2ccccc21.CCC1=C2C(=Nc3ccccc32)c2ccccc2C1. The summed E-state index contributed by atoms with van der Waals surface area (Å²) in [4.78, 5) is 9.70. The van der Waals surface area contributed by atoms with E-state index in [0.29, 0.717) is 0 Å². The molecule has 0 spiro atoms. The Morgan fingerprint density at radius 1 is 0.420 bits per heavy atom. The average molecular weight is 667 g/mol. The molecule has 0 fully saturated rings. The molecule has 2 aliphatic carbocycles. The van der Waals surface area contributed by atoms with Gasteiger partial charge in [0.2, 0.25) is 0 Å². The molecule has 4 aliphatic rings. The van der Waals surface area contributed by atoms with Crippen molar-refractivity contribution in [3.05, 3.63) is 136 Å². The number of hydrogen-bond acceptors (Lipinski definition) is 2. The highest BCUT2D eigenvalue weighted by Crippen LogP contribution is 2.45. The lowest BCUT2D eigenvalue weighted by Gasteiger charge is -2.21. The number of nitrogens with zero attached hydrogens (tertiary/aromatic N) is 2. The van der Waals surface area contributed by atoms with Gasteiger partial charge in [-0.15, -0.1) is 0 Å². The molecule has 264 valence electrons. The molecule has 0 saturated heterocycles. The summed E-state index contributed by atoms with van der Waals surface area (Å²) >= 11 is 0. The first-order valence-electron chi connectivity index (χ1n) is 19.4. The minimum atomic E-state index is 0.962. The van der Waals surface area contributed by atoms with Crippen molar-refractivity contribution in [2.45, 2.75) is 121 Å². The number of rotatable bonds is 2. The molecular weight excluding hydrogens is 605 g/mol. The fourth-order valence-corrected chi connectivity index (χ4v) is 6.42. The van der Waals surface area contributed by atoms with Crippen LogP contribution in [0.15, 0.2) is 113 Å². The van der Waals surface area contributed by atoms with E-state index in [1.165, 1.54) is 92.8 Å². The summed E-state index contributed by atoms with van der Waals surface area (Å²) in [7, 11) is 0. The van der Waals surface area contributed by atoms with Crippen molar-refractivity contribution in [3.8, 4) is 0 Å². The Morgan fingerprint density at radius 2 is 0.840 bits per heavy atom. The van der Waals surface area contributed by atoms with Crippen molar-refractivity contribution in [1.29, 1.82) is 0 Å². The standard InChI is InChI=1S/2C18H15N.4C3H8/c1-2-13-14-8-4-3-7-12(14)11-17-18(13)15-9-5-6-10-16(15)19-17;1-2-12-11-13-7-3-4-8-14(13)18-17(12)15-9-5-6-10-16(15)19-18;4*1-3-2/h2*3-10H,2,11H2,1H3;4*3H2,1-2H3. The highest BCUT2D eigenvalue weighted by molar-refractivity contribution is 6.38. The van der Waals surface area contributed by atoms with Gasteiger partial charge >= 0.3 is 0 Å². The fraction of sp³-hybridized carbons (Fsp3) is 0.375. The van der Waals surface area contributed by atoms with Crippen LogP contribution in [0.3, 0.4) is 0 Å². The van der Waals surface area contributed by atoms with E-state index < -0.39 is 0 Å². The first kappa shape index (κ1) is 40.1. The molecule has 0 bridgehead atoms. The normalized spacial score (nSPS) is 13.4. The van der Waals surface area contributed by atoms with Crippen molar-refractivity contribution < 1.29 is 0 Å². The molecule has 0 atom stereocenters. The molecule has 4 aromatic rings. The van der Waals surface area contributed by atoms with Gasteiger partial charge in [-0.1, -0.05) is 185 Å². The third-order valence-corrected chi connectivity index (χ3v) is 8.17. The summed E-state index contributed by atoms with van der Waals surface area (Å²) in [6, 6.07) is 34.4. The Hall–Kier alpha value is -4.30. The summed E-state index contributed by atoms with van der Waals surface area (Å²) in [5.41, 5.74) is 18.6. The molecular formula is C48H62N2. The lowest BCUT2D eigenvalue weighted by atomic mass is 9.81. The molecule has 0 amide bonds. The molecule has 0 saturated carbocycles. The van der Waals surface area contributed by atoms with E-state index in [0.717, 1.165) is 37.1 Å². The van der Waals surface area contributed by atoms with Gasteiger partial charge in [0.05, 0.1) is 22.8 Å². The van der Waals surface area contributed by atoms with E-state index in [-0.39, 0.29) is 0 Å². The lowest BCUT2D eigenvalue weighted by Crippen LogP contribution is -2.13. The maximum absolute atomic E-state index is 4.87. The van der Waals surface area contributed by atoms with Gasteiger partial charge in [0.15, 0.2) is 0 Å². The van der Waals surface area contributed by atoms with Crippen molar-refractivity contribution >= 4 is 39.5 Å². The maximum Gasteiger partial charge on any atom is 0.0791 e. The smallest absolute Gasteiger partial charge is 0.0791 e. The minimum Gasteiger partial charge on any atom is -0.252 e. The molecule has 2 heteroatoms. The Kier molecular flexibility index (Phi) is 16.9. The van der Waals surface area contributed by atoms with Gasteiger partial charge in [-0.3, -0.25) is 4.99 Å². The van der Waals surface area contributed by atoms with Gasteiger partial charge < -0.3 is 0 Å². The zero-order valence-electron chi connectivity index (χ0n) is 32.8. The van der Waals surface area contributed by atoms with Crippen LogP contribution < -0.4 is 0 Å². The van der Waals surface area contributed by atoms with Crippen LogP contribution in [0.4, 0.5) is 11.4 Å². The van der Waals surface area contributed by atoms with Crippen LogP contribution in [0.1, 0.15) is 141 Å². The third-order valence-electron chi connectivity index (χ3n) is 8.17.